The van der Waals surface area contributed by atoms with Crippen molar-refractivity contribution in [3.05, 3.63) is 0 Å². The predicted molar refractivity (Wildman–Crippen MR) is 37.9 cm³/mol. The minimum Gasteiger partial charge on any atom is -0.281 e. The highest BCUT2D eigenvalue weighted by molar-refractivity contribution is 6.68. The fraction of sp³-hybridized carbons (Fsp3) is 0.667. The first kappa shape index (κ1) is 8.02. The number of rotatable bonds is 2. The van der Waals surface area contributed by atoms with Gasteiger partial charge in [-0.05, 0) is 29.6 Å². The number of carbonyl (C=O) groups is 2. The molecule has 0 unspecified atom stereocenters. The maximum absolute atomic E-state index is 10.6. The molecule has 0 amide bonds. The average Bonchev–Trinajstić information content (AvgIpc) is 2.43. The molecule has 0 heterocycles. The summed E-state index contributed by atoms with van der Waals surface area (Å²) in [4.78, 5) is 21.1. The third kappa shape index (κ3) is 1.06. The SMILES string of the molecule is C[C@@]1(C(=O)Cl)C[C@H]1C(=O)Cl. The highest BCUT2D eigenvalue weighted by Crippen LogP contribution is 2.54. The van der Waals surface area contributed by atoms with E-state index in [-0.39, 0.29) is 5.92 Å². The zero-order valence-electron chi connectivity index (χ0n) is 5.36. The Morgan fingerprint density at radius 3 is 2.10 bits per heavy atom. The van der Waals surface area contributed by atoms with E-state index < -0.39 is 15.9 Å². The first-order valence-corrected chi connectivity index (χ1v) is 3.63. The Kier molecular flexibility index (Phi) is 1.77. The molecule has 0 aromatic heterocycles. The molecule has 0 spiro atoms. The first-order valence-electron chi connectivity index (χ1n) is 2.88. The third-order valence-electron chi connectivity index (χ3n) is 1.96. The van der Waals surface area contributed by atoms with Gasteiger partial charge in [0.2, 0.25) is 10.5 Å². The highest BCUT2D eigenvalue weighted by Gasteiger charge is 2.58. The second-order valence-corrected chi connectivity index (χ2v) is 3.47. The highest BCUT2D eigenvalue weighted by atomic mass is 35.5. The molecule has 0 bridgehead atoms. The largest absolute Gasteiger partial charge is 0.281 e. The quantitative estimate of drug-likeness (QED) is 0.605. The molecular formula is C6H6Cl2O2. The summed E-state index contributed by atoms with van der Waals surface area (Å²) in [5.41, 5.74) is -0.666. The minimum absolute atomic E-state index is 0.348. The van der Waals surface area contributed by atoms with E-state index >= 15 is 0 Å². The fourth-order valence-corrected chi connectivity index (χ4v) is 1.44. The number of hydrogen-bond acceptors (Lipinski definition) is 2. The molecular weight excluding hydrogens is 175 g/mol. The Morgan fingerprint density at radius 2 is 2.00 bits per heavy atom. The lowest BCUT2D eigenvalue weighted by atomic mass is 10.1. The van der Waals surface area contributed by atoms with E-state index in [2.05, 4.69) is 0 Å². The molecule has 2 nitrogen and oxygen atoms in total. The molecule has 1 aliphatic rings. The van der Waals surface area contributed by atoms with Gasteiger partial charge in [-0.3, -0.25) is 9.59 Å². The van der Waals surface area contributed by atoms with Crippen LogP contribution in [0.25, 0.3) is 0 Å². The van der Waals surface area contributed by atoms with E-state index in [4.69, 9.17) is 23.2 Å². The van der Waals surface area contributed by atoms with E-state index in [0.717, 1.165) is 0 Å². The van der Waals surface area contributed by atoms with Crippen LogP contribution in [0.3, 0.4) is 0 Å². The second kappa shape index (κ2) is 2.21. The monoisotopic (exact) mass is 180 g/mol. The van der Waals surface area contributed by atoms with Crippen LogP contribution in [-0.4, -0.2) is 10.5 Å². The summed E-state index contributed by atoms with van der Waals surface area (Å²) in [6.07, 6.45) is 0.498. The van der Waals surface area contributed by atoms with Crippen LogP contribution in [0.1, 0.15) is 13.3 Å². The van der Waals surface area contributed by atoms with Crippen LogP contribution in [0.15, 0.2) is 0 Å². The number of carbonyl (C=O) groups excluding carboxylic acids is 2. The van der Waals surface area contributed by atoms with Crippen LogP contribution >= 0.6 is 23.2 Å². The molecule has 0 saturated heterocycles. The van der Waals surface area contributed by atoms with Crippen molar-refractivity contribution in [2.45, 2.75) is 13.3 Å². The zero-order valence-corrected chi connectivity index (χ0v) is 6.87. The van der Waals surface area contributed by atoms with Gasteiger partial charge in [0, 0.05) is 5.92 Å². The Labute approximate surface area is 68.5 Å². The maximum atomic E-state index is 10.6. The molecule has 1 saturated carbocycles. The molecule has 4 heteroatoms. The lowest BCUT2D eigenvalue weighted by Crippen LogP contribution is -2.10. The van der Waals surface area contributed by atoms with Crippen molar-refractivity contribution in [1.29, 1.82) is 0 Å². The van der Waals surface area contributed by atoms with Gasteiger partial charge >= 0.3 is 0 Å². The Balaban J connectivity index is 2.65. The summed E-state index contributed by atoms with van der Waals surface area (Å²) in [5, 5.41) is -0.928. The molecule has 0 aromatic rings. The number of halogens is 2. The summed E-state index contributed by atoms with van der Waals surface area (Å²) in [6.45, 7) is 1.65. The summed E-state index contributed by atoms with van der Waals surface area (Å²) < 4.78 is 0. The molecule has 0 aromatic carbocycles. The van der Waals surface area contributed by atoms with Gasteiger partial charge in [-0.2, -0.15) is 0 Å². The second-order valence-electron chi connectivity index (χ2n) is 2.75. The summed E-state index contributed by atoms with van der Waals surface area (Å²) >= 11 is 10.4. The van der Waals surface area contributed by atoms with E-state index in [9.17, 15) is 9.59 Å². The van der Waals surface area contributed by atoms with Gasteiger partial charge in [0.15, 0.2) is 0 Å². The lowest BCUT2D eigenvalue weighted by molar-refractivity contribution is -0.119. The van der Waals surface area contributed by atoms with Gasteiger partial charge < -0.3 is 0 Å². The van der Waals surface area contributed by atoms with Gasteiger partial charge in [0.1, 0.15) is 0 Å². The van der Waals surface area contributed by atoms with Crippen LogP contribution in [0.2, 0.25) is 0 Å². The molecule has 0 radical (unpaired) electrons. The molecule has 2 atom stereocenters. The molecule has 56 valence electrons. The topological polar surface area (TPSA) is 34.1 Å². The molecule has 0 N–H and O–H groups in total. The van der Waals surface area contributed by atoms with E-state index in [1.54, 1.807) is 6.92 Å². The van der Waals surface area contributed by atoms with Crippen LogP contribution < -0.4 is 0 Å². The van der Waals surface area contributed by atoms with Crippen molar-refractivity contribution in [3.8, 4) is 0 Å². The van der Waals surface area contributed by atoms with Crippen molar-refractivity contribution in [1.82, 2.24) is 0 Å². The van der Waals surface area contributed by atoms with Crippen LogP contribution in [0.4, 0.5) is 0 Å². The van der Waals surface area contributed by atoms with Crippen molar-refractivity contribution in [3.63, 3.8) is 0 Å². The van der Waals surface area contributed by atoms with Gasteiger partial charge in [-0.1, -0.05) is 6.92 Å². The Bertz CT molecular complexity index is 202. The Morgan fingerprint density at radius 1 is 1.50 bits per heavy atom. The van der Waals surface area contributed by atoms with Crippen molar-refractivity contribution >= 4 is 33.7 Å². The summed E-state index contributed by atoms with van der Waals surface area (Å²) in [6, 6.07) is 0. The fourth-order valence-electron chi connectivity index (χ4n) is 0.913. The van der Waals surface area contributed by atoms with Crippen LogP contribution in [0, 0.1) is 11.3 Å². The van der Waals surface area contributed by atoms with Crippen molar-refractivity contribution in [2.24, 2.45) is 11.3 Å². The normalized spacial score (nSPS) is 37.3. The van der Waals surface area contributed by atoms with E-state index in [1.807, 2.05) is 0 Å². The molecule has 0 aliphatic heterocycles. The maximum Gasteiger partial charge on any atom is 0.228 e. The van der Waals surface area contributed by atoms with Crippen molar-refractivity contribution in [2.75, 3.05) is 0 Å². The Hall–Kier alpha value is -0.0800. The molecule has 10 heavy (non-hydrogen) atoms. The van der Waals surface area contributed by atoms with Crippen LogP contribution in [-0.2, 0) is 9.59 Å². The molecule has 1 aliphatic carbocycles. The third-order valence-corrected chi connectivity index (χ3v) is 2.66. The number of hydrogen-bond donors (Lipinski definition) is 0. The summed E-state index contributed by atoms with van der Waals surface area (Å²) in [5.74, 6) is -0.348. The zero-order chi connectivity index (χ0) is 7.94. The van der Waals surface area contributed by atoms with Crippen LogP contribution in [0.5, 0.6) is 0 Å². The van der Waals surface area contributed by atoms with Gasteiger partial charge in [0.05, 0.1) is 5.41 Å². The van der Waals surface area contributed by atoms with Crippen molar-refractivity contribution < 1.29 is 9.59 Å². The minimum atomic E-state index is -0.666. The van der Waals surface area contributed by atoms with E-state index in [0.29, 0.717) is 6.42 Å². The average molecular weight is 181 g/mol. The van der Waals surface area contributed by atoms with Gasteiger partial charge in [0.25, 0.3) is 0 Å². The first-order chi connectivity index (χ1) is 4.48. The summed E-state index contributed by atoms with van der Waals surface area (Å²) in [7, 11) is 0. The lowest BCUT2D eigenvalue weighted by Gasteiger charge is -1.98. The predicted octanol–water partition coefficient (Wildman–Crippen LogP) is 1.54. The van der Waals surface area contributed by atoms with Gasteiger partial charge in [-0.15, -0.1) is 0 Å². The standard InChI is InChI=1S/C6H6Cl2O2/c1-6(5(8)10)2-3(6)4(7)9/h3H,2H2,1H3/t3-,6+/m0/s1. The van der Waals surface area contributed by atoms with Gasteiger partial charge in [-0.25, -0.2) is 0 Å². The molecule has 1 fully saturated rings. The molecule has 1 rings (SSSR count). The van der Waals surface area contributed by atoms with E-state index in [1.165, 1.54) is 0 Å². The smallest absolute Gasteiger partial charge is 0.228 e.